The Balaban J connectivity index is 2.46. The van der Waals surface area contributed by atoms with Gasteiger partial charge >= 0.3 is 15.6 Å². The van der Waals surface area contributed by atoms with Crippen LogP contribution in [0, 0.1) is 0 Å². The van der Waals surface area contributed by atoms with E-state index in [9.17, 15) is 21.6 Å². The zero-order chi connectivity index (χ0) is 16.4. The number of hydrogen-bond acceptors (Lipinski definition) is 4. The summed E-state index contributed by atoms with van der Waals surface area (Å²) in [7, 11) is -5.74. The van der Waals surface area contributed by atoms with Crippen molar-refractivity contribution in [3.8, 4) is 11.6 Å². The van der Waals surface area contributed by atoms with Gasteiger partial charge in [-0.25, -0.2) is 0 Å². The van der Waals surface area contributed by atoms with E-state index in [4.69, 9.17) is 0 Å². The molecule has 1 heterocycles. The number of benzene rings is 1. The standard InChI is InChI=1S/C13H13F3N2O3S/c1-2-6-10-9-12(21-22(19,20)13(14,15)16)18(17-10)11-7-4-3-5-8-11/h3-5,7-9H,2,6H2,1H3. The molecule has 0 spiro atoms. The summed E-state index contributed by atoms with van der Waals surface area (Å²) in [4.78, 5) is 0. The van der Waals surface area contributed by atoms with Gasteiger partial charge in [0.15, 0.2) is 0 Å². The number of halogens is 3. The fourth-order valence-electron chi connectivity index (χ4n) is 1.76. The van der Waals surface area contributed by atoms with E-state index >= 15 is 0 Å². The third kappa shape index (κ3) is 3.41. The first-order chi connectivity index (χ1) is 10.2. The normalized spacial score (nSPS) is 12.4. The molecule has 1 aromatic heterocycles. The van der Waals surface area contributed by atoms with E-state index in [0.29, 0.717) is 24.2 Å². The Kier molecular flexibility index (Phi) is 4.45. The van der Waals surface area contributed by atoms with Crippen LogP contribution >= 0.6 is 0 Å². The molecule has 2 aromatic rings. The van der Waals surface area contributed by atoms with Gasteiger partial charge in [-0.2, -0.15) is 31.4 Å². The van der Waals surface area contributed by atoms with Gasteiger partial charge in [-0.15, -0.1) is 0 Å². The van der Waals surface area contributed by atoms with Crippen molar-refractivity contribution in [2.75, 3.05) is 0 Å². The largest absolute Gasteiger partial charge is 0.534 e. The van der Waals surface area contributed by atoms with E-state index in [1.54, 1.807) is 30.3 Å². The third-order valence-corrected chi connectivity index (χ3v) is 3.67. The van der Waals surface area contributed by atoms with Crippen LogP contribution in [0.3, 0.4) is 0 Å². The molecule has 0 saturated carbocycles. The smallest absolute Gasteiger partial charge is 0.355 e. The Morgan fingerprint density at radius 3 is 2.41 bits per heavy atom. The van der Waals surface area contributed by atoms with E-state index in [1.165, 1.54) is 6.07 Å². The summed E-state index contributed by atoms with van der Waals surface area (Å²) in [5.74, 6) is -0.494. The van der Waals surface area contributed by atoms with Gasteiger partial charge in [-0.05, 0) is 18.6 Å². The molecule has 0 unspecified atom stereocenters. The van der Waals surface area contributed by atoms with Crippen LogP contribution in [0.5, 0.6) is 5.88 Å². The molecule has 0 aliphatic rings. The molecule has 0 N–H and O–H groups in total. The zero-order valence-corrected chi connectivity index (χ0v) is 12.4. The summed E-state index contributed by atoms with van der Waals surface area (Å²) in [5.41, 5.74) is -4.65. The zero-order valence-electron chi connectivity index (χ0n) is 11.5. The molecule has 1 aromatic carbocycles. The van der Waals surface area contributed by atoms with Gasteiger partial charge in [0, 0.05) is 6.07 Å². The van der Waals surface area contributed by atoms with Crippen molar-refractivity contribution in [2.24, 2.45) is 0 Å². The van der Waals surface area contributed by atoms with Crippen LogP contribution in [0.1, 0.15) is 19.0 Å². The lowest BCUT2D eigenvalue weighted by Crippen LogP contribution is -2.28. The summed E-state index contributed by atoms with van der Waals surface area (Å²) in [5, 5.41) is 4.10. The van der Waals surface area contributed by atoms with Gasteiger partial charge in [-0.1, -0.05) is 31.5 Å². The fourth-order valence-corrected chi connectivity index (χ4v) is 2.20. The molecule has 0 radical (unpaired) electrons. The minimum Gasteiger partial charge on any atom is -0.355 e. The van der Waals surface area contributed by atoms with Crippen LogP contribution in [-0.4, -0.2) is 23.7 Å². The topological polar surface area (TPSA) is 61.2 Å². The van der Waals surface area contributed by atoms with Gasteiger partial charge in [0.1, 0.15) is 0 Å². The molecule has 120 valence electrons. The highest BCUT2D eigenvalue weighted by atomic mass is 32.2. The molecule has 0 aliphatic heterocycles. The number of alkyl halides is 3. The van der Waals surface area contributed by atoms with Crippen molar-refractivity contribution >= 4 is 10.1 Å². The minimum absolute atomic E-state index is 0.400. The van der Waals surface area contributed by atoms with Crippen molar-refractivity contribution < 1.29 is 25.8 Å². The monoisotopic (exact) mass is 334 g/mol. The Hall–Kier alpha value is -2.03. The summed E-state index contributed by atoms with van der Waals surface area (Å²) >= 11 is 0. The number of rotatable bonds is 5. The Bertz CT molecular complexity index is 740. The number of aryl methyl sites for hydroxylation is 1. The highest BCUT2D eigenvalue weighted by Crippen LogP contribution is 2.29. The van der Waals surface area contributed by atoms with E-state index in [1.807, 2.05) is 6.92 Å². The van der Waals surface area contributed by atoms with Crippen LogP contribution in [0.2, 0.25) is 0 Å². The van der Waals surface area contributed by atoms with E-state index < -0.39 is 21.5 Å². The van der Waals surface area contributed by atoms with Crippen LogP contribution < -0.4 is 4.18 Å². The van der Waals surface area contributed by atoms with Crippen molar-refractivity contribution in [3.63, 3.8) is 0 Å². The maximum absolute atomic E-state index is 12.5. The van der Waals surface area contributed by atoms with Crippen LogP contribution in [0.25, 0.3) is 5.69 Å². The summed E-state index contributed by atoms with van der Waals surface area (Å²) in [6.45, 7) is 1.87. The van der Waals surface area contributed by atoms with Gasteiger partial charge in [0.2, 0.25) is 5.88 Å². The van der Waals surface area contributed by atoms with Crippen molar-refractivity contribution in [3.05, 3.63) is 42.1 Å². The molecule has 0 fully saturated rings. The lowest BCUT2D eigenvalue weighted by molar-refractivity contribution is -0.0502. The first-order valence-corrected chi connectivity index (χ1v) is 7.80. The predicted octanol–water partition coefficient (Wildman–Crippen LogP) is 3.05. The number of para-hydroxylation sites is 1. The highest BCUT2D eigenvalue weighted by Gasteiger charge is 2.49. The molecule has 0 atom stereocenters. The summed E-state index contributed by atoms with van der Waals surface area (Å²) in [6, 6.07) is 9.37. The average Bonchev–Trinajstić information content (AvgIpc) is 2.81. The predicted molar refractivity (Wildman–Crippen MR) is 73.2 cm³/mol. The lowest BCUT2D eigenvalue weighted by atomic mass is 10.3. The lowest BCUT2D eigenvalue weighted by Gasteiger charge is -2.10. The van der Waals surface area contributed by atoms with Gasteiger partial charge < -0.3 is 4.18 Å². The first-order valence-electron chi connectivity index (χ1n) is 6.39. The maximum Gasteiger partial charge on any atom is 0.534 e. The molecule has 22 heavy (non-hydrogen) atoms. The fraction of sp³-hybridized carbons (Fsp3) is 0.308. The van der Waals surface area contributed by atoms with Gasteiger partial charge in [0.05, 0.1) is 11.4 Å². The average molecular weight is 334 g/mol. The Labute approximate surface area is 125 Å². The summed E-state index contributed by atoms with van der Waals surface area (Å²) in [6.07, 6.45) is 1.19. The van der Waals surface area contributed by atoms with Crippen LogP contribution in [0.15, 0.2) is 36.4 Å². The molecular weight excluding hydrogens is 321 g/mol. The maximum atomic E-state index is 12.5. The molecule has 0 bridgehead atoms. The van der Waals surface area contributed by atoms with Crippen molar-refractivity contribution in [1.29, 1.82) is 0 Å². The molecule has 0 saturated heterocycles. The number of hydrogen-bond donors (Lipinski definition) is 0. The quantitative estimate of drug-likeness (QED) is 0.623. The minimum atomic E-state index is -5.74. The van der Waals surface area contributed by atoms with E-state index in [0.717, 1.165) is 4.68 Å². The Morgan fingerprint density at radius 2 is 1.86 bits per heavy atom. The second-order valence-corrected chi connectivity index (χ2v) is 5.99. The Morgan fingerprint density at radius 1 is 1.23 bits per heavy atom. The molecular formula is C13H13F3N2O3S. The third-order valence-electron chi connectivity index (χ3n) is 2.71. The van der Waals surface area contributed by atoms with E-state index in [2.05, 4.69) is 9.28 Å². The molecule has 5 nitrogen and oxygen atoms in total. The van der Waals surface area contributed by atoms with Crippen molar-refractivity contribution in [1.82, 2.24) is 9.78 Å². The summed E-state index contributed by atoms with van der Waals surface area (Å²) < 4.78 is 65.0. The SMILES string of the molecule is CCCc1cc(OS(=O)(=O)C(F)(F)F)n(-c2ccccc2)n1. The second kappa shape index (κ2) is 5.99. The molecule has 0 amide bonds. The molecule has 0 aliphatic carbocycles. The van der Waals surface area contributed by atoms with Gasteiger partial charge in [-0.3, -0.25) is 0 Å². The van der Waals surface area contributed by atoms with Gasteiger partial charge in [0.25, 0.3) is 0 Å². The van der Waals surface area contributed by atoms with E-state index in [-0.39, 0.29) is 0 Å². The second-order valence-electron chi connectivity index (χ2n) is 4.45. The first kappa shape index (κ1) is 16.3. The van der Waals surface area contributed by atoms with Crippen molar-refractivity contribution in [2.45, 2.75) is 25.3 Å². The molecule has 9 heteroatoms. The molecule has 2 rings (SSSR count). The number of nitrogens with zero attached hydrogens (tertiary/aromatic N) is 2. The highest BCUT2D eigenvalue weighted by molar-refractivity contribution is 7.87. The van der Waals surface area contributed by atoms with Crippen LogP contribution in [0.4, 0.5) is 13.2 Å². The van der Waals surface area contributed by atoms with Crippen LogP contribution in [-0.2, 0) is 16.5 Å². The number of aromatic nitrogens is 2.